The van der Waals surface area contributed by atoms with Gasteiger partial charge in [-0.15, -0.1) is 10.2 Å². The number of halogens is 2. The molecule has 0 saturated carbocycles. The van der Waals surface area contributed by atoms with Gasteiger partial charge in [-0.25, -0.2) is 4.79 Å². The fourth-order valence-electron chi connectivity index (χ4n) is 2.19. The van der Waals surface area contributed by atoms with E-state index in [9.17, 15) is 4.79 Å². The van der Waals surface area contributed by atoms with Crippen LogP contribution in [0.1, 0.15) is 0 Å². The Morgan fingerprint density at radius 2 is 1.74 bits per heavy atom. The monoisotopic (exact) mass is 424 g/mol. The minimum Gasteiger partial charge on any atom is -0.493 e. The van der Waals surface area contributed by atoms with E-state index in [-0.39, 0.29) is 0 Å². The van der Waals surface area contributed by atoms with Crippen LogP contribution in [0, 0.1) is 0 Å². The van der Waals surface area contributed by atoms with E-state index in [0.717, 1.165) is 5.56 Å². The normalized spacial score (nSPS) is 10.4. The van der Waals surface area contributed by atoms with Crippen LogP contribution >= 0.6 is 34.5 Å². The molecule has 0 aliphatic carbocycles. The maximum Gasteiger partial charge on any atom is 0.325 e. The standard InChI is InChI=1S/C17H14Cl2N4O3S/c1-25-13-6-3-9(7-14(13)26-2)15-22-23-17(27-15)21-16(24)20-10-4-5-11(18)12(19)8-10/h3-8H,1-2H3,(H2,20,21,23,24). The summed E-state index contributed by atoms with van der Waals surface area (Å²) >= 11 is 13.0. The molecule has 3 aromatic rings. The third-order valence-corrected chi connectivity index (χ3v) is 5.08. The van der Waals surface area contributed by atoms with Crippen LogP contribution in [0.3, 0.4) is 0 Å². The van der Waals surface area contributed by atoms with Crippen molar-refractivity contribution in [1.29, 1.82) is 0 Å². The van der Waals surface area contributed by atoms with Crippen LogP contribution in [-0.2, 0) is 0 Å². The van der Waals surface area contributed by atoms with E-state index in [1.54, 1.807) is 44.6 Å². The van der Waals surface area contributed by atoms with Gasteiger partial charge in [0, 0.05) is 11.3 Å². The van der Waals surface area contributed by atoms with Gasteiger partial charge >= 0.3 is 6.03 Å². The SMILES string of the molecule is COc1ccc(-c2nnc(NC(=O)Nc3ccc(Cl)c(Cl)c3)s2)cc1OC. The van der Waals surface area contributed by atoms with Gasteiger partial charge in [-0.05, 0) is 36.4 Å². The molecule has 0 fully saturated rings. The topological polar surface area (TPSA) is 85.4 Å². The van der Waals surface area contributed by atoms with Crippen LogP contribution in [0.2, 0.25) is 10.0 Å². The molecule has 2 amide bonds. The third-order valence-electron chi connectivity index (χ3n) is 3.45. The maximum atomic E-state index is 12.1. The predicted molar refractivity (Wildman–Crippen MR) is 108 cm³/mol. The Labute approximate surface area is 169 Å². The summed E-state index contributed by atoms with van der Waals surface area (Å²) in [6.45, 7) is 0. The second kappa shape index (κ2) is 8.43. The largest absolute Gasteiger partial charge is 0.493 e. The lowest BCUT2D eigenvalue weighted by Gasteiger charge is -2.07. The van der Waals surface area contributed by atoms with Gasteiger partial charge in [-0.1, -0.05) is 34.5 Å². The van der Waals surface area contributed by atoms with Crippen LogP contribution in [0.25, 0.3) is 10.6 Å². The number of hydrogen-bond acceptors (Lipinski definition) is 6. The minimum absolute atomic E-state index is 0.345. The van der Waals surface area contributed by atoms with Crippen molar-refractivity contribution in [1.82, 2.24) is 10.2 Å². The molecule has 2 N–H and O–H groups in total. The molecule has 140 valence electrons. The molecule has 2 aromatic carbocycles. The number of nitrogens with zero attached hydrogens (tertiary/aromatic N) is 2. The predicted octanol–water partition coefficient (Wildman–Crippen LogP) is 5.17. The van der Waals surface area contributed by atoms with Crippen LogP contribution in [-0.4, -0.2) is 30.4 Å². The fraction of sp³-hybridized carbons (Fsp3) is 0.118. The Morgan fingerprint density at radius 1 is 0.963 bits per heavy atom. The van der Waals surface area contributed by atoms with Crippen molar-refractivity contribution in [3.63, 3.8) is 0 Å². The quantitative estimate of drug-likeness (QED) is 0.589. The molecule has 0 radical (unpaired) electrons. The van der Waals surface area contributed by atoms with E-state index in [1.165, 1.54) is 11.3 Å². The van der Waals surface area contributed by atoms with E-state index >= 15 is 0 Å². The number of nitrogens with one attached hydrogen (secondary N) is 2. The number of ether oxygens (including phenoxy) is 2. The van der Waals surface area contributed by atoms with Crippen LogP contribution in [0.4, 0.5) is 15.6 Å². The third kappa shape index (κ3) is 4.60. The number of methoxy groups -OCH3 is 2. The van der Waals surface area contributed by atoms with Crippen molar-refractivity contribution >= 4 is 51.4 Å². The summed E-state index contributed by atoms with van der Waals surface area (Å²) in [6, 6.07) is 9.73. The molecule has 0 saturated heterocycles. The summed E-state index contributed by atoms with van der Waals surface area (Å²) < 4.78 is 10.5. The second-order valence-electron chi connectivity index (χ2n) is 5.19. The zero-order valence-corrected chi connectivity index (χ0v) is 16.6. The van der Waals surface area contributed by atoms with E-state index in [0.29, 0.717) is 37.4 Å². The van der Waals surface area contributed by atoms with Crippen molar-refractivity contribution in [2.24, 2.45) is 0 Å². The van der Waals surface area contributed by atoms with Crippen molar-refractivity contribution in [2.45, 2.75) is 0 Å². The first-order chi connectivity index (χ1) is 13.0. The Bertz CT molecular complexity index is 981. The highest BCUT2D eigenvalue weighted by atomic mass is 35.5. The van der Waals surface area contributed by atoms with E-state index in [1.807, 2.05) is 6.07 Å². The summed E-state index contributed by atoms with van der Waals surface area (Å²) in [5.41, 5.74) is 1.30. The summed E-state index contributed by atoms with van der Waals surface area (Å²) in [5.74, 6) is 1.20. The minimum atomic E-state index is -0.469. The first-order valence-electron chi connectivity index (χ1n) is 7.59. The van der Waals surface area contributed by atoms with Crippen molar-refractivity contribution in [2.75, 3.05) is 24.9 Å². The number of carbonyl (C=O) groups excluding carboxylic acids is 1. The van der Waals surface area contributed by atoms with Gasteiger partial charge in [-0.3, -0.25) is 5.32 Å². The average molecular weight is 425 g/mol. The molecular weight excluding hydrogens is 411 g/mol. The second-order valence-corrected chi connectivity index (χ2v) is 6.98. The zero-order chi connectivity index (χ0) is 19.4. The van der Waals surface area contributed by atoms with Gasteiger partial charge in [-0.2, -0.15) is 0 Å². The summed E-state index contributed by atoms with van der Waals surface area (Å²) in [7, 11) is 3.12. The highest BCUT2D eigenvalue weighted by Gasteiger charge is 2.13. The number of anilines is 2. The smallest absolute Gasteiger partial charge is 0.325 e. The molecule has 0 aliphatic rings. The van der Waals surface area contributed by atoms with Crippen LogP contribution < -0.4 is 20.1 Å². The molecule has 0 bridgehead atoms. The lowest BCUT2D eigenvalue weighted by molar-refractivity contribution is 0.262. The lowest BCUT2D eigenvalue weighted by Crippen LogP contribution is -2.19. The van der Waals surface area contributed by atoms with E-state index in [4.69, 9.17) is 32.7 Å². The summed E-state index contributed by atoms with van der Waals surface area (Å²) in [5, 5.41) is 15.1. The molecular formula is C17H14Cl2N4O3S. The molecule has 0 aliphatic heterocycles. The summed E-state index contributed by atoms with van der Waals surface area (Å²) in [6.07, 6.45) is 0. The maximum absolute atomic E-state index is 12.1. The number of amides is 2. The highest BCUT2D eigenvalue weighted by molar-refractivity contribution is 7.18. The molecule has 10 heteroatoms. The van der Waals surface area contributed by atoms with Crippen molar-refractivity contribution in [3.8, 4) is 22.1 Å². The molecule has 27 heavy (non-hydrogen) atoms. The number of hydrogen-bond donors (Lipinski definition) is 2. The molecule has 1 heterocycles. The molecule has 7 nitrogen and oxygen atoms in total. The zero-order valence-electron chi connectivity index (χ0n) is 14.2. The fourth-order valence-corrected chi connectivity index (χ4v) is 3.23. The number of urea groups is 1. The first-order valence-corrected chi connectivity index (χ1v) is 9.16. The number of rotatable bonds is 5. The number of aromatic nitrogens is 2. The average Bonchev–Trinajstić information content (AvgIpc) is 3.12. The molecule has 1 aromatic heterocycles. The Kier molecular flexibility index (Phi) is 6.00. The Morgan fingerprint density at radius 3 is 2.44 bits per heavy atom. The number of carbonyl (C=O) groups is 1. The molecule has 0 unspecified atom stereocenters. The van der Waals surface area contributed by atoms with Gasteiger partial charge in [0.2, 0.25) is 5.13 Å². The van der Waals surface area contributed by atoms with Gasteiger partial charge in [0.15, 0.2) is 11.5 Å². The molecule has 0 spiro atoms. The van der Waals surface area contributed by atoms with Gasteiger partial charge in [0.05, 0.1) is 24.3 Å². The Balaban J connectivity index is 1.70. The van der Waals surface area contributed by atoms with E-state index in [2.05, 4.69) is 20.8 Å². The van der Waals surface area contributed by atoms with Crippen molar-refractivity contribution in [3.05, 3.63) is 46.4 Å². The lowest BCUT2D eigenvalue weighted by atomic mass is 10.2. The van der Waals surface area contributed by atoms with E-state index < -0.39 is 6.03 Å². The van der Waals surface area contributed by atoms with Crippen LogP contribution in [0.5, 0.6) is 11.5 Å². The van der Waals surface area contributed by atoms with Crippen molar-refractivity contribution < 1.29 is 14.3 Å². The first kappa shape index (κ1) is 19.2. The van der Waals surface area contributed by atoms with Crippen LogP contribution in [0.15, 0.2) is 36.4 Å². The highest BCUT2D eigenvalue weighted by Crippen LogP contribution is 2.34. The molecule has 3 rings (SSSR count). The molecule has 0 atom stereocenters. The van der Waals surface area contributed by atoms with Gasteiger partial charge in [0.25, 0.3) is 0 Å². The number of benzene rings is 2. The van der Waals surface area contributed by atoms with Gasteiger partial charge < -0.3 is 14.8 Å². The van der Waals surface area contributed by atoms with Gasteiger partial charge in [0.1, 0.15) is 5.01 Å². The Hall–Kier alpha value is -2.55. The summed E-state index contributed by atoms with van der Waals surface area (Å²) in [4.78, 5) is 12.1.